The molecule has 5 unspecified atom stereocenters. The minimum absolute atomic E-state index is 0.111. The average Bonchev–Trinajstić information content (AvgIpc) is 2.88. The fourth-order valence-corrected chi connectivity index (χ4v) is 7.21. The van der Waals surface area contributed by atoms with Crippen molar-refractivity contribution in [3.8, 4) is 0 Å². The standard InChI is InChI=1S/C21H30O5/c1-19-6-3-12(23)9-16(19)17(24)10-13-14(19)4-7-20(2)15(13)5-8-21(20,26)18(25)11-22/h9,13-15,17,22,24,26H,3-8,10-11H2,1-2H3/t13?,14?,15?,17-,19?,20?,21-/m0/s1. The highest BCUT2D eigenvalue weighted by Crippen LogP contribution is 2.67. The van der Waals surface area contributed by atoms with Crippen LogP contribution in [0.5, 0.6) is 0 Å². The minimum Gasteiger partial charge on any atom is -0.389 e. The Morgan fingerprint density at radius 2 is 1.88 bits per heavy atom. The van der Waals surface area contributed by atoms with Crippen LogP contribution in [0.4, 0.5) is 0 Å². The molecule has 4 rings (SSSR count). The predicted octanol–water partition coefficient (Wildman–Crippen LogP) is 1.78. The molecule has 0 aromatic carbocycles. The summed E-state index contributed by atoms with van der Waals surface area (Å²) in [6.07, 6.45) is 5.74. The number of hydrogen-bond acceptors (Lipinski definition) is 5. The predicted molar refractivity (Wildman–Crippen MR) is 95.1 cm³/mol. The van der Waals surface area contributed by atoms with Crippen LogP contribution in [0.2, 0.25) is 0 Å². The van der Waals surface area contributed by atoms with E-state index in [-0.39, 0.29) is 23.0 Å². The molecule has 3 N–H and O–H groups in total. The molecule has 0 spiro atoms. The van der Waals surface area contributed by atoms with Crippen LogP contribution < -0.4 is 0 Å². The lowest BCUT2D eigenvalue weighted by Gasteiger charge is -2.59. The second kappa shape index (κ2) is 5.73. The molecular weight excluding hydrogens is 332 g/mol. The Labute approximate surface area is 154 Å². The third kappa shape index (κ3) is 2.14. The van der Waals surface area contributed by atoms with Crippen molar-refractivity contribution in [2.45, 2.75) is 70.5 Å². The van der Waals surface area contributed by atoms with Crippen LogP contribution in [0, 0.1) is 28.6 Å². The van der Waals surface area contributed by atoms with Crippen LogP contribution >= 0.6 is 0 Å². The molecule has 0 radical (unpaired) electrons. The van der Waals surface area contributed by atoms with Gasteiger partial charge in [0.05, 0.1) is 6.10 Å². The van der Waals surface area contributed by atoms with E-state index in [9.17, 15) is 24.9 Å². The highest BCUT2D eigenvalue weighted by molar-refractivity contribution is 5.92. The van der Waals surface area contributed by atoms with Gasteiger partial charge in [-0.3, -0.25) is 9.59 Å². The summed E-state index contributed by atoms with van der Waals surface area (Å²) in [5, 5.41) is 31.4. The number of Topliss-reactive ketones (excluding diaryl/α,β-unsaturated/α-hetero) is 1. The van der Waals surface area contributed by atoms with Crippen molar-refractivity contribution in [3.63, 3.8) is 0 Å². The number of fused-ring (bicyclic) bond motifs is 5. The van der Waals surface area contributed by atoms with E-state index >= 15 is 0 Å². The molecule has 0 aromatic rings. The summed E-state index contributed by atoms with van der Waals surface area (Å²) in [4.78, 5) is 24.3. The molecule has 7 atom stereocenters. The van der Waals surface area contributed by atoms with Crippen molar-refractivity contribution in [1.82, 2.24) is 0 Å². The fraction of sp³-hybridized carbons (Fsp3) is 0.810. The largest absolute Gasteiger partial charge is 0.389 e. The third-order valence-electron chi connectivity index (χ3n) is 8.73. The van der Waals surface area contributed by atoms with Crippen molar-refractivity contribution < 1.29 is 24.9 Å². The molecule has 0 amide bonds. The second-order valence-electron chi connectivity index (χ2n) is 9.55. The number of ketones is 2. The Hall–Kier alpha value is -1.04. The molecule has 3 saturated carbocycles. The summed E-state index contributed by atoms with van der Waals surface area (Å²) in [6, 6.07) is 0. The Bertz CT molecular complexity index is 684. The lowest BCUT2D eigenvalue weighted by Crippen LogP contribution is -2.59. The number of rotatable bonds is 2. The van der Waals surface area contributed by atoms with Crippen LogP contribution in [0.15, 0.2) is 11.6 Å². The Balaban J connectivity index is 1.72. The van der Waals surface area contributed by atoms with Crippen molar-refractivity contribution in [3.05, 3.63) is 11.6 Å². The number of carbonyl (C=O) groups is 2. The zero-order valence-electron chi connectivity index (χ0n) is 15.7. The molecule has 0 bridgehead atoms. The summed E-state index contributed by atoms with van der Waals surface area (Å²) >= 11 is 0. The number of hydrogen-bond donors (Lipinski definition) is 3. The topological polar surface area (TPSA) is 94.8 Å². The second-order valence-corrected chi connectivity index (χ2v) is 9.55. The highest BCUT2D eigenvalue weighted by Gasteiger charge is 2.66. The lowest BCUT2D eigenvalue weighted by molar-refractivity contribution is -0.166. The van der Waals surface area contributed by atoms with Crippen LogP contribution in [-0.4, -0.2) is 45.2 Å². The van der Waals surface area contributed by atoms with E-state index in [1.54, 1.807) is 6.08 Å². The van der Waals surface area contributed by atoms with E-state index in [1.807, 2.05) is 6.92 Å². The first kappa shape index (κ1) is 18.3. The summed E-state index contributed by atoms with van der Waals surface area (Å²) < 4.78 is 0. The zero-order chi connectivity index (χ0) is 18.9. The lowest BCUT2D eigenvalue weighted by atomic mass is 9.45. The Morgan fingerprint density at radius 1 is 1.19 bits per heavy atom. The normalized spacial score (nSPS) is 50.5. The van der Waals surface area contributed by atoms with Crippen molar-refractivity contribution in [2.75, 3.05) is 6.61 Å². The molecule has 5 heteroatoms. The summed E-state index contributed by atoms with van der Waals surface area (Å²) in [5.41, 5.74) is -1.27. The van der Waals surface area contributed by atoms with E-state index in [2.05, 4.69) is 6.92 Å². The van der Waals surface area contributed by atoms with Gasteiger partial charge in [-0.1, -0.05) is 13.8 Å². The van der Waals surface area contributed by atoms with Gasteiger partial charge in [-0.25, -0.2) is 0 Å². The number of aliphatic hydroxyl groups is 3. The maximum absolute atomic E-state index is 12.4. The molecule has 4 aliphatic carbocycles. The van der Waals surface area contributed by atoms with Gasteiger partial charge in [-0.15, -0.1) is 0 Å². The number of carbonyl (C=O) groups excluding carboxylic acids is 2. The maximum Gasteiger partial charge on any atom is 0.190 e. The summed E-state index contributed by atoms with van der Waals surface area (Å²) in [5.74, 6) is 0.411. The summed E-state index contributed by atoms with van der Waals surface area (Å²) in [6.45, 7) is 3.56. The smallest absolute Gasteiger partial charge is 0.190 e. The van der Waals surface area contributed by atoms with Gasteiger partial charge in [-0.2, -0.15) is 0 Å². The van der Waals surface area contributed by atoms with E-state index in [1.165, 1.54) is 0 Å². The molecule has 0 saturated heterocycles. The number of aliphatic hydroxyl groups excluding tert-OH is 2. The van der Waals surface area contributed by atoms with E-state index in [0.717, 1.165) is 31.3 Å². The molecule has 0 aliphatic heterocycles. The first-order valence-corrected chi connectivity index (χ1v) is 9.97. The molecular formula is C21H30O5. The van der Waals surface area contributed by atoms with E-state index in [0.29, 0.717) is 25.2 Å². The molecule has 144 valence electrons. The van der Waals surface area contributed by atoms with Crippen molar-refractivity contribution in [1.29, 1.82) is 0 Å². The first-order valence-electron chi connectivity index (χ1n) is 9.97. The zero-order valence-corrected chi connectivity index (χ0v) is 15.7. The Kier molecular flexibility index (Phi) is 4.04. The van der Waals surface area contributed by atoms with E-state index in [4.69, 9.17) is 0 Å². The van der Waals surface area contributed by atoms with Crippen LogP contribution in [0.3, 0.4) is 0 Å². The van der Waals surface area contributed by atoms with Crippen molar-refractivity contribution in [2.24, 2.45) is 28.6 Å². The monoisotopic (exact) mass is 362 g/mol. The van der Waals surface area contributed by atoms with Gasteiger partial charge in [0.1, 0.15) is 12.2 Å². The first-order chi connectivity index (χ1) is 12.2. The van der Waals surface area contributed by atoms with E-state index < -0.39 is 29.5 Å². The van der Waals surface area contributed by atoms with Gasteiger partial charge in [-0.05, 0) is 73.3 Å². The van der Waals surface area contributed by atoms with Gasteiger partial charge in [0.25, 0.3) is 0 Å². The molecule has 4 aliphatic rings. The van der Waals surface area contributed by atoms with Gasteiger partial charge in [0.15, 0.2) is 11.6 Å². The van der Waals surface area contributed by atoms with Crippen LogP contribution in [0.25, 0.3) is 0 Å². The maximum atomic E-state index is 12.4. The molecule has 5 nitrogen and oxygen atoms in total. The average molecular weight is 362 g/mol. The minimum atomic E-state index is -1.46. The highest BCUT2D eigenvalue weighted by atomic mass is 16.3. The van der Waals surface area contributed by atoms with Gasteiger partial charge in [0, 0.05) is 11.8 Å². The molecule has 3 fully saturated rings. The Morgan fingerprint density at radius 3 is 2.58 bits per heavy atom. The SMILES string of the molecule is CC12CCC(=O)C=C1[C@@H](O)CC1C2CCC2(C)C1CC[C@]2(O)C(=O)CO. The van der Waals surface area contributed by atoms with Crippen LogP contribution in [-0.2, 0) is 9.59 Å². The quantitative estimate of drug-likeness (QED) is 0.696. The molecule has 0 aromatic heterocycles. The van der Waals surface area contributed by atoms with Crippen LogP contribution in [0.1, 0.15) is 58.8 Å². The van der Waals surface area contributed by atoms with Crippen molar-refractivity contribution >= 4 is 11.6 Å². The van der Waals surface area contributed by atoms with Gasteiger partial charge < -0.3 is 15.3 Å². The summed E-state index contributed by atoms with van der Waals surface area (Å²) in [7, 11) is 0. The third-order valence-corrected chi connectivity index (χ3v) is 8.73. The molecule has 0 heterocycles. The van der Waals surface area contributed by atoms with Gasteiger partial charge in [0.2, 0.25) is 0 Å². The fourth-order valence-electron chi connectivity index (χ4n) is 7.21. The molecule has 26 heavy (non-hydrogen) atoms. The van der Waals surface area contributed by atoms with Gasteiger partial charge >= 0.3 is 0 Å².